The lowest BCUT2D eigenvalue weighted by molar-refractivity contribution is -0.0366. The van der Waals surface area contributed by atoms with Crippen molar-refractivity contribution in [2.45, 2.75) is 71.4 Å². The molecule has 0 N–H and O–H groups in total. The maximum absolute atomic E-state index is 13.2. The predicted octanol–water partition coefficient (Wildman–Crippen LogP) is 6.57. The molecule has 0 saturated carbocycles. The molecule has 1 unspecified atom stereocenters. The predicted molar refractivity (Wildman–Crippen MR) is 193 cm³/mol. The number of hydrogen-bond donors (Lipinski definition) is 0. The number of piperazine rings is 1. The standard InChI is InChI=1S/C38H42ClN7O5/c1-3-49-37(47)30-20-32(43-16-17-45(27(22-43)12-14-40)38(48)51-24-26-9-5-4-6-10-26)28-13-15-44(23-31(28)42-30)36-29-21-41-46(34-11-7-8-18-50-34)33(29)19-25(2)35(36)39/h4-6,9-10,19-21,27,34H,3,7-8,11-13,15-18,22-24H2,1-2H3/t27-,34?/m0/s1. The van der Waals surface area contributed by atoms with E-state index in [2.05, 4.69) is 21.9 Å². The molecule has 51 heavy (non-hydrogen) atoms. The number of aryl methyl sites for hydroxylation is 1. The van der Waals surface area contributed by atoms with Crippen molar-refractivity contribution in [3.8, 4) is 6.07 Å². The van der Waals surface area contributed by atoms with Gasteiger partial charge in [-0.2, -0.15) is 10.4 Å². The van der Waals surface area contributed by atoms with Crippen LogP contribution in [-0.2, 0) is 33.8 Å². The number of amides is 1. The topological polar surface area (TPSA) is 126 Å². The summed E-state index contributed by atoms with van der Waals surface area (Å²) >= 11 is 7.06. The Bertz CT molecular complexity index is 1960. The van der Waals surface area contributed by atoms with Gasteiger partial charge in [-0.1, -0.05) is 41.9 Å². The summed E-state index contributed by atoms with van der Waals surface area (Å²) in [5.74, 6) is -0.500. The van der Waals surface area contributed by atoms with Gasteiger partial charge in [-0.25, -0.2) is 19.3 Å². The Balaban J connectivity index is 1.18. The fourth-order valence-corrected chi connectivity index (χ4v) is 7.70. The molecule has 3 aliphatic rings. The first-order chi connectivity index (χ1) is 24.9. The molecule has 1 amide bonds. The van der Waals surface area contributed by atoms with E-state index in [1.165, 1.54) is 0 Å². The van der Waals surface area contributed by atoms with Crippen LogP contribution in [0.2, 0.25) is 5.02 Å². The van der Waals surface area contributed by atoms with Crippen LogP contribution >= 0.6 is 11.6 Å². The minimum atomic E-state index is -0.500. The number of esters is 1. The first-order valence-corrected chi connectivity index (χ1v) is 18.1. The van der Waals surface area contributed by atoms with Crippen molar-refractivity contribution in [1.29, 1.82) is 5.26 Å². The summed E-state index contributed by atoms with van der Waals surface area (Å²) in [7, 11) is 0. The van der Waals surface area contributed by atoms with Gasteiger partial charge in [0.05, 0.1) is 59.8 Å². The minimum Gasteiger partial charge on any atom is -0.461 e. The summed E-state index contributed by atoms with van der Waals surface area (Å²) in [5.41, 5.74) is 6.58. The number of hydrogen-bond acceptors (Lipinski definition) is 10. The molecule has 2 fully saturated rings. The van der Waals surface area contributed by atoms with Crippen LogP contribution in [-0.4, -0.2) is 77.2 Å². The molecule has 2 atom stereocenters. The number of aromatic nitrogens is 3. The van der Waals surface area contributed by atoms with Crippen LogP contribution in [0.15, 0.2) is 48.7 Å². The van der Waals surface area contributed by atoms with Crippen LogP contribution in [0.25, 0.3) is 10.9 Å². The highest BCUT2D eigenvalue weighted by Crippen LogP contribution is 2.41. The number of fused-ring (bicyclic) bond motifs is 2. The number of rotatable bonds is 8. The number of benzene rings is 2. The monoisotopic (exact) mass is 711 g/mol. The largest absolute Gasteiger partial charge is 0.461 e. The SMILES string of the molecule is CCOC(=O)c1cc(N2CCN(C(=O)OCc3ccccc3)[C@@H](CC#N)C2)c2c(n1)CN(c1c(Cl)c(C)cc3c1cnn3C1CCCCO1)CC2. The van der Waals surface area contributed by atoms with Gasteiger partial charge in [0.1, 0.15) is 6.61 Å². The first-order valence-electron chi connectivity index (χ1n) is 17.7. The molecular weight excluding hydrogens is 670 g/mol. The molecule has 0 bridgehead atoms. The Morgan fingerprint density at radius 1 is 1.10 bits per heavy atom. The highest BCUT2D eigenvalue weighted by atomic mass is 35.5. The number of anilines is 2. The van der Waals surface area contributed by atoms with E-state index in [1.54, 1.807) is 17.9 Å². The normalized spacial score (nSPS) is 19.1. The van der Waals surface area contributed by atoms with Crippen LogP contribution in [0.3, 0.4) is 0 Å². The van der Waals surface area contributed by atoms with E-state index in [0.29, 0.717) is 44.2 Å². The van der Waals surface area contributed by atoms with Gasteiger partial charge < -0.3 is 28.9 Å². The molecule has 3 aliphatic heterocycles. The molecule has 0 spiro atoms. The maximum atomic E-state index is 13.2. The molecule has 266 valence electrons. The molecule has 12 nitrogen and oxygen atoms in total. The molecule has 2 saturated heterocycles. The average molecular weight is 712 g/mol. The zero-order valence-electron chi connectivity index (χ0n) is 29.0. The van der Waals surface area contributed by atoms with E-state index in [-0.39, 0.29) is 31.6 Å². The second-order valence-corrected chi connectivity index (χ2v) is 13.6. The number of carbonyl (C=O) groups excluding carboxylic acids is 2. The van der Waals surface area contributed by atoms with E-state index in [9.17, 15) is 14.9 Å². The minimum absolute atomic E-state index is 0.112. The van der Waals surface area contributed by atoms with Crippen molar-refractivity contribution in [3.63, 3.8) is 0 Å². The third-order valence-corrected chi connectivity index (χ3v) is 10.5. The van der Waals surface area contributed by atoms with E-state index in [0.717, 1.165) is 70.5 Å². The highest BCUT2D eigenvalue weighted by Gasteiger charge is 2.35. The molecule has 7 rings (SSSR count). The molecule has 2 aromatic heterocycles. The Kier molecular flexibility index (Phi) is 10.3. The smallest absolute Gasteiger partial charge is 0.410 e. The van der Waals surface area contributed by atoms with Crippen molar-refractivity contribution < 1.29 is 23.8 Å². The second-order valence-electron chi connectivity index (χ2n) is 13.2. The van der Waals surface area contributed by atoms with Crippen molar-refractivity contribution >= 4 is 45.9 Å². The van der Waals surface area contributed by atoms with E-state index < -0.39 is 18.1 Å². The van der Waals surface area contributed by atoms with Gasteiger partial charge >= 0.3 is 12.1 Å². The van der Waals surface area contributed by atoms with Gasteiger partial charge in [0, 0.05) is 49.4 Å². The molecule has 0 radical (unpaired) electrons. The zero-order valence-corrected chi connectivity index (χ0v) is 29.8. The zero-order chi connectivity index (χ0) is 35.5. The second kappa shape index (κ2) is 15.2. The number of pyridine rings is 1. The molecular formula is C38H42ClN7O5. The number of nitrogens with zero attached hydrogens (tertiary/aromatic N) is 7. The number of nitriles is 1. The Morgan fingerprint density at radius 3 is 2.71 bits per heavy atom. The van der Waals surface area contributed by atoms with Crippen molar-refractivity contribution in [2.24, 2.45) is 0 Å². The lowest BCUT2D eigenvalue weighted by atomic mass is 9.98. The average Bonchev–Trinajstić information content (AvgIpc) is 3.57. The van der Waals surface area contributed by atoms with Crippen molar-refractivity contribution in [2.75, 3.05) is 49.2 Å². The first kappa shape index (κ1) is 34.6. The number of carbonyl (C=O) groups is 2. The Hall–Kier alpha value is -4.86. The van der Waals surface area contributed by atoms with Gasteiger partial charge in [0.25, 0.3) is 0 Å². The van der Waals surface area contributed by atoms with Crippen molar-refractivity contribution in [3.05, 3.63) is 81.8 Å². The Labute approximate surface area is 302 Å². The van der Waals surface area contributed by atoms with Gasteiger partial charge in [-0.3, -0.25) is 0 Å². The van der Waals surface area contributed by atoms with Crippen LogP contribution < -0.4 is 9.80 Å². The van der Waals surface area contributed by atoms with Crippen LogP contribution in [0.4, 0.5) is 16.2 Å². The summed E-state index contributed by atoms with van der Waals surface area (Å²) < 4.78 is 19.1. The summed E-state index contributed by atoms with van der Waals surface area (Å²) in [5, 5.41) is 16.1. The van der Waals surface area contributed by atoms with E-state index in [1.807, 2.05) is 48.1 Å². The van der Waals surface area contributed by atoms with E-state index in [4.69, 9.17) is 35.9 Å². The summed E-state index contributed by atoms with van der Waals surface area (Å²) in [6.45, 7) is 7.22. The lowest BCUT2D eigenvalue weighted by Crippen LogP contribution is -2.55. The fourth-order valence-electron chi connectivity index (χ4n) is 7.43. The fraction of sp³-hybridized carbons (Fsp3) is 0.447. The lowest BCUT2D eigenvalue weighted by Gasteiger charge is -2.42. The molecule has 13 heteroatoms. The van der Waals surface area contributed by atoms with Crippen LogP contribution in [0.5, 0.6) is 0 Å². The van der Waals surface area contributed by atoms with Gasteiger partial charge in [0.15, 0.2) is 11.9 Å². The molecule has 5 heterocycles. The molecule has 2 aromatic carbocycles. The molecule has 4 aromatic rings. The van der Waals surface area contributed by atoms with Crippen LogP contribution in [0, 0.1) is 18.3 Å². The Morgan fingerprint density at radius 2 is 1.94 bits per heavy atom. The van der Waals surface area contributed by atoms with E-state index >= 15 is 0 Å². The van der Waals surface area contributed by atoms with Gasteiger partial charge in [-0.15, -0.1) is 0 Å². The molecule has 0 aliphatic carbocycles. The quantitative estimate of drug-likeness (QED) is 0.185. The van der Waals surface area contributed by atoms with Gasteiger partial charge in [0.2, 0.25) is 0 Å². The highest BCUT2D eigenvalue weighted by molar-refractivity contribution is 6.35. The summed E-state index contributed by atoms with van der Waals surface area (Å²) in [4.78, 5) is 37.3. The number of halogens is 1. The number of ether oxygens (including phenoxy) is 3. The van der Waals surface area contributed by atoms with Gasteiger partial charge in [-0.05, 0) is 62.8 Å². The third kappa shape index (κ3) is 7.05. The van der Waals surface area contributed by atoms with Crippen LogP contribution in [0.1, 0.15) is 71.7 Å². The summed E-state index contributed by atoms with van der Waals surface area (Å²) in [6, 6.07) is 15.2. The van der Waals surface area contributed by atoms with Crippen molar-refractivity contribution in [1.82, 2.24) is 19.7 Å². The summed E-state index contributed by atoms with van der Waals surface area (Å²) in [6.07, 6.45) is 5.16. The maximum Gasteiger partial charge on any atom is 0.410 e. The third-order valence-electron chi connectivity index (χ3n) is 9.97.